The van der Waals surface area contributed by atoms with Gasteiger partial charge in [-0.05, 0) is 13.3 Å². The van der Waals surface area contributed by atoms with Gasteiger partial charge in [0.2, 0.25) is 5.91 Å². The van der Waals surface area contributed by atoms with E-state index >= 15 is 0 Å². The van der Waals surface area contributed by atoms with Gasteiger partial charge in [0.05, 0.1) is 17.6 Å². The highest BCUT2D eigenvalue weighted by molar-refractivity contribution is 7.11. The van der Waals surface area contributed by atoms with E-state index in [4.69, 9.17) is 10.5 Å². The van der Waals surface area contributed by atoms with E-state index < -0.39 is 6.04 Å². The molecule has 1 rings (SSSR count). The minimum atomic E-state index is -0.492. The van der Waals surface area contributed by atoms with Gasteiger partial charge in [-0.15, -0.1) is 11.3 Å². The molecule has 0 saturated carbocycles. The molecule has 1 aromatic rings. The van der Waals surface area contributed by atoms with E-state index in [1.54, 1.807) is 36.6 Å². The average molecular weight is 257 g/mol. The van der Waals surface area contributed by atoms with E-state index in [2.05, 4.69) is 4.98 Å². The molecule has 0 aromatic carbocycles. The molecule has 0 aliphatic carbocycles. The Labute approximate surface area is 106 Å². The van der Waals surface area contributed by atoms with Crippen molar-refractivity contribution in [1.29, 1.82) is 0 Å². The highest BCUT2D eigenvalue weighted by Gasteiger charge is 2.18. The summed E-state index contributed by atoms with van der Waals surface area (Å²) in [5, 5.41) is 1.00. The van der Waals surface area contributed by atoms with E-state index in [-0.39, 0.29) is 5.91 Å². The van der Waals surface area contributed by atoms with E-state index in [1.807, 2.05) is 6.92 Å². The van der Waals surface area contributed by atoms with Gasteiger partial charge >= 0.3 is 0 Å². The zero-order chi connectivity index (χ0) is 12.8. The SMILES string of the molecule is COCCC(N)C(=O)N(C)Cc1cnc(C)s1. The number of methoxy groups -OCH3 is 1. The Bertz CT molecular complexity index is 367. The van der Waals surface area contributed by atoms with Gasteiger partial charge < -0.3 is 15.4 Å². The predicted octanol–water partition coefficient (Wildman–Crippen LogP) is 0.774. The third-order valence-electron chi connectivity index (χ3n) is 2.39. The van der Waals surface area contributed by atoms with Crippen molar-refractivity contribution in [1.82, 2.24) is 9.88 Å². The van der Waals surface area contributed by atoms with Crippen molar-refractivity contribution in [3.63, 3.8) is 0 Å². The molecule has 17 heavy (non-hydrogen) atoms. The first-order valence-corrected chi connectivity index (χ1v) is 6.27. The molecule has 2 N–H and O–H groups in total. The number of likely N-dealkylation sites (N-methyl/N-ethyl adjacent to an activating group) is 1. The van der Waals surface area contributed by atoms with Crippen LogP contribution in [0.25, 0.3) is 0 Å². The van der Waals surface area contributed by atoms with Gasteiger partial charge in [-0.3, -0.25) is 4.79 Å². The van der Waals surface area contributed by atoms with Gasteiger partial charge in [-0.1, -0.05) is 0 Å². The van der Waals surface area contributed by atoms with E-state index in [0.717, 1.165) is 9.88 Å². The first-order valence-electron chi connectivity index (χ1n) is 5.45. The highest BCUT2D eigenvalue weighted by Crippen LogP contribution is 2.13. The summed E-state index contributed by atoms with van der Waals surface area (Å²) < 4.78 is 4.91. The summed E-state index contributed by atoms with van der Waals surface area (Å²) in [6.07, 6.45) is 2.34. The lowest BCUT2D eigenvalue weighted by atomic mass is 10.2. The van der Waals surface area contributed by atoms with Crippen molar-refractivity contribution in [2.24, 2.45) is 5.73 Å². The second-order valence-corrected chi connectivity index (χ2v) is 5.25. The molecule has 0 radical (unpaired) electrons. The lowest BCUT2D eigenvalue weighted by Crippen LogP contribution is -2.41. The number of nitrogens with two attached hydrogens (primary N) is 1. The lowest BCUT2D eigenvalue weighted by molar-refractivity contribution is -0.132. The van der Waals surface area contributed by atoms with Crippen LogP contribution in [0, 0.1) is 6.92 Å². The number of ether oxygens (including phenoxy) is 1. The number of thiazole rings is 1. The summed E-state index contributed by atoms with van der Waals surface area (Å²) >= 11 is 1.59. The maximum Gasteiger partial charge on any atom is 0.239 e. The molecule has 0 bridgehead atoms. The number of aromatic nitrogens is 1. The Balaban J connectivity index is 2.46. The lowest BCUT2D eigenvalue weighted by Gasteiger charge is -2.20. The van der Waals surface area contributed by atoms with Crippen LogP contribution in [0.2, 0.25) is 0 Å². The third kappa shape index (κ3) is 4.41. The summed E-state index contributed by atoms with van der Waals surface area (Å²) in [7, 11) is 3.35. The molecule has 96 valence electrons. The van der Waals surface area contributed by atoms with Crippen LogP contribution in [-0.4, -0.2) is 42.6 Å². The van der Waals surface area contributed by atoms with Crippen LogP contribution in [0.15, 0.2) is 6.20 Å². The van der Waals surface area contributed by atoms with Crippen molar-refractivity contribution < 1.29 is 9.53 Å². The molecule has 0 spiro atoms. The first kappa shape index (κ1) is 14.1. The van der Waals surface area contributed by atoms with E-state index in [9.17, 15) is 4.79 Å². The van der Waals surface area contributed by atoms with Gasteiger partial charge in [0, 0.05) is 31.8 Å². The Morgan fingerprint density at radius 1 is 1.71 bits per heavy atom. The number of aryl methyl sites for hydroxylation is 1. The van der Waals surface area contributed by atoms with Crippen LogP contribution in [0.5, 0.6) is 0 Å². The van der Waals surface area contributed by atoms with Crippen molar-refractivity contribution >= 4 is 17.2 Å². The van der Waals surface area contributed by atoms with E-state index in [0.29, 0.717) is 19.6 Å². The van der Waals surface area contributed by atoms with Crippen LogP contribution >= 0.6 is 11.3 Å². The smallest absolute Gasteiger partial charge is 0.239 e. The maximum absolute atomic E-state index is 11.9. The molecule has 1 amide bonds. The largest absolute Gasteiger partial charge is 0.385 e. The number of rotatable bonds is 6. The number of hydrogen-bond acceptors (Lipinski definition) is 5. The fraction of sp³-hybridized carbons (Fsp3) is 0.636. The minimum Gasteiger partial charge on any atom is -0.385 e. The topological polar surface area (TPSA) is 68.5 Å². The van der Waals surface area contributed by atoms with Gasteiger partial charge in [-0.25, -0.2) is 4.98 Å². The van der Waals surface area contributed by atoms with Crippen molar-refractivity contribution in [2.45, 2.75) is 25.9 Å². The van der Waals surface area contributed by atoms with Crippen LogP contribution in [0.3, 0.4) is 0 Å². The average Bonchev–Trinajstić information content (AvgIpc) is 2.70. The molecule has 0 aliphatic rings. The van der Waals surface area contributed by atoms with E-state index in [1.165, 1.54) is 0 Å². The van der Waals surface area contributed by atoms with Gasteiger partial charge in [-0.2, -0.15) is 0 Å². The molecule has 1 unspecified atom stereocenters. The zero-order valence-electron chi connectivity index (χ0n) is 10.5. The Morgan fingerprint density at radius 3 is 2.94 bits per heavy atom. The van der Waals surface area contributed by atoms with Gasteiger partial charge in [0.1, 0.15) is 0 Å². The summed E-state index contributed by atoms with van der Waals surface area (Å²) in [4.78, 5) is 18.7. The quantitative estimate of drug-likeness (QED) is 0.817. The number of amides is 1. The van der Waals surface area contributed by atoms with Crippen LogP contribution in [-0.2, 0) is 16.1 Å². The highest BCUT2D eigenvalue weighted by atomic mass is 32.1. The summed E-state index contributed by atoms with van der Waals surface area (Å²) in [5.41, 5.74) is 5.78. The number of carbonyl (C=O) groups excluding carboxylic acids is 1. The number of nitrogens with zero attached hydrogens (tertiary/aromatic N) is 2. The molecule has 0 saturated heterocycles. The van der Waals surface area contributed by atoms with Crippen molar-refractivity contribution in [3.05, 3.63) is 16.1 Å². The molecule has 0 fully saturated rings. The standard InChI is InChI=1S/C11H19N3O2S/c1-8-13-6-9(17-8)7-14(2)11(15)10(12)4-5-16-3/h6,10H,4-5,7,12H2,1-3H3. The van der Waals surface area contributed by atoms with Crippen LogP contribution in [0.1, 0.15) is 16.3 Å². The molecular formula is C11H19N3O2S. The summed E-state index contributed by atoms with van der Waals surface area (Å²) in [5.74, 6) is -0.0619. The van der Waals surface area contributed by atoms with Gasteiger partial charge in [0.25, 0.3) is 0 Å². The molecule has 1 atom stereocenters. The van der Waals surface area contributed by atoms with Gasteiger partial charge in [0.15, 0.2) is 0 Å². The monoisotopic (exact) mass is 257 g/mol. The molecule has 1 aromatic heterocycles. The molecule has 0 aliphatic heterocycles. The molecule has 1 heterocycles. The molecular weight excluding hydrogens is 238 g/mol. The van der Waals surface area contributed by atoms with Crippen molar-refractivity contribution in [3.8, 4) is 0 Å². The molecule has 5 nitrogen and oxygen atoms in total. The second-order valence-electron chi connectivity index (χ2n) is 3.93. The maximum atomic E-state index is 11.9. The fourth-order valence-corrected chi connectivity index (χ4v) is 2.29. The normalized spacial score (nSPS) is 12.5. The van der Waals surface area contributed by atoms with Crippen molar-refractivity contribution in [2.75, 3.05) is 20.8 Å². The molecule has 6 heteroatoms. The summed E-state index contributed by atoms with van der Waals surface area (Å²) in [6.45, 7) is 3.01. The second kappa shape index (κ2) is 6.68. The zero-order valence-corrected chi connectivity index (χ0v) is 11.3. The third-order valence-corrected chi connectivity index (χ3v) is 3.29. The first-order chi connectivity index (χ1) is 8.04. The predicted molar refractivity (Wildman–Crippen MR) is 67.8 cm³/mol. The number of hydrogen-bond donors (Lipinski definition) is 1. The van der Waals surface area contributed by atoms with Crippen LogP contribution in [0.4, 0.5) is 0 Å². The number of carbonyl (C=O) groups is 1. The summed E-state index contributed by atoms with van der Waals surface area (Å²) in [6, 6.07) is -0.492. The Kier molecular flexibility index (Phi) is 5.54. The minimum absolute atomic E-state index is 0.0619. The van der Waals surface area contributed by atoms with Crippen LogP contribution < -0.4 is 5.73 Å². The Morgan fingerprint density at radius 2 is 2.41 bits per heavy atom. The fourth-order valence-electron chi connectivity index (χ4n) is 1.44. The Hall–Kier alpha value is -0.980.